The summed E-state index contributed by atoms with van der Waals surface area (Å²) in [6.07, 6.45) is 8.19. The van der Waals surface area contributed by atoms with Crippen LogP contribution in [0.5, 0.6) is 0 Å². The molecule has 1 unspecified atom stereocenters. The van der Waals surface area contributed by atoms with Gasteiger partial charge in [0.1, 0.15) is 6.61 Å². The molecule has 2 N–H and O–H groups in total. The zero-order valence-corrected chi connectivity index (χ0v) is 22.8. The lowest BCUT2D eigenvalue weighted by Crippen LogP contribution is -2.42. The number of anilines is 1. The number of hydrazine groups is 1. The monoisotopic (exact) mass is 527 g/mol. The number of nitrogens with one attached hydrogen (secondary N) is 1. The summed E-state index contributed by atoms with van der Waals surface area (Å²) < 4.78 is 36.4. The zero-order chi connectivity index (χ0) is 26.2. The molecule has 1 atom stereocenters. The molecule has 206 valence electrons. The molecule has 1 aromatic rings. The van der Waals surface area contributed by atoms with Crippen LogP contribution in [0.1, 0.15) is 76.4 Å². The number of morpholine rings is 1. The minimum atomic E-state index is -3.51. The highest BCUT2D eigenvalue weighted by atomic mass is 32.2. The molecule has 0 aromatic heterocycles. The third-order valence-electron chi connectivity index (χ3n) is 6.26. The summed E-state index contributed by atoms with van der Waals surface area (Å²) in [7, 11) is -3.51. The van der Waals surface area contributed by atoms with Gasteiger partial charge in [-0.1, -0.05) is 51.2 Å². The Morgan fingerprint density at radius 3 is 2.47 bits per heavy atom. The molecule has 0 aliphatic carbocycles. The summed E-state index contributed by atoms with van der Waals surface area (Å²) in [6.45, 7) is 7.04. The molecule has 0 bridgehead atoms. The maximum Gasteiger partial charge on any atom is 0.305 e. The molecule has 1 fully saturated rings. The number of aliphatic hydroxyl groups excluding tert-OH is 1. The first-order valence-corrected chi connectivity index (χ1v) is 15.1. The smallest absolute Gasteiger partial charge is 0.305 e. The number of aliphatic hydroxyl groups is 1. The van der Waals surface area contributed by atoms with Crippen molar-refractivity contribution in [2.45, 2.75) is 70.8 Å². The van der Waals surface area contributed by atoms with Crippen LogP contribution in [-0.2, 0) is 24.3 Å². The second-order valence-corrected chi connectivity index (χ2v) is 11.2. The molecule has 9 nitrogen and oxygen atoms in total. The molecule has 1 saturated heterocycles. The zero-order valence-electron chi connectivity index (χ0n) is 22.0. The highest BCUT2D eigenvalue weighted by Gasteiger charge is 2.18. The Morgan fingerprint density at radius 1 is 1.11 bits per heavy atom. The van der Waals surface area contributed by atoms with E-state index in [1.165, 1.54) is 4.41 Å². The first-order chi connectivity index (χ1) is 17.3. The van der Waals surface area contributed by atoms with E-state index >= 15 is 0 Å². The Hall–Kier alpha value is -1.72. The van der Waals surface area contributed by atoms with E-state index in [-0.39, 0.29) is 5.97 Å². The van der Waals surface area contributed by atoms with Crippen LogP contribution in [0, 0.1) is 0 Å². The van der Waals surface area contributed by atoms with Crippen LogP contribution < -0.4 is 9.84 Å². The number of benzene rings is 1. The van der Waals surface area contributed by atoms with Gasteiger partial charge in [-0.15, -0.1) is 0 Å². The van der Waals surface area contributed by atoms with E-state index in [0.29, 0.717) is 31.7 Å². The lowest BCUT2D eigenvalue weighted by atomic mass is 10.0. The second kappa shape index (κ2) is 16.9. The van der Waals surface area contributed by atoms with Crippen molar-refractivity contribution in [2.24, 2.45) is 0 Å². The van der Waals surface area contributed by atoms with Gasteiger partial charge in [-0.25, -0.2) is 18.3 Å². The second-order valence-electron chi connectivity index (χ2n) is 9.38. The van der Waals surface area contributed by atoms with Gasteiger partial charge in [0.15, 0.2) is 0 Å². The van der Waals surface area contributed by atoms with Crippen LogP contribution in [0.3, 0.4) is 0 Å². The quantitative estimate of drug-likeness (QED) is 0.170. The fraction of sp³-hybridized carbons (Fsp3) is 0.731. The van der Waals surface area contributed by atoms with Gasteiger partial charge in [-0.05, 0) is 37.0 Å². The number of nitrogens with zero attached hydrogens (tertiary/aromatic N) is 2. The Labute approximate surface area is 217 Å². The molecule has 36 heavy (non-hydrogen) atoms. The summed E-state index contributed by atoms with van der Waals surface area (Å²) in [6, 6.07) is 7.01. The molecule has 0 radical (unpaired) electrons. The number of sulfonamides is 1. The summed E-state index contributed by atoms with van der Waals surface area (Å²) >= 11 is 0. The molecular formula is C26H45N3O6S. The van der Waals surface area contributed by atoms with Crippen molar-refractivity contribution in [2.75, 3.05) is 56.7 Å². The lowest BCUT2D eigenvalue weighted by Gasteiger charge is -2.26. The van der Waals surface area contributed by atoms with Gasteiger partial charge < -0.3 is 14.6 Å². The average molecular weight is 528 g/mol. The minimum absolute atomic E-state index is 0.163. The Bertz CT molecular complexity index is 844. The van der Waals surface area contributed by atoms with Crippen molar-refractivity contribution in [3.8, 4) is 0 Å². The predicted octanol–water partition coefficient (Wildman–Crippen LogP) is 3.40. The Kier molecular flexibility index (Phi) is 14.3. The first kappa shape index (κ1) is 30.5. The maximum absolute atomic E-state index is 12.3. The van der Waals surface area contributed by atoms with Crippen LogP contribution in [0.25, 0.3) is 0 Å². The van der Waals surface area contributed by atoms with E-state index in [9.17, 15) is 18.3 Å². The molecule has 10 heteroatoms. The molecule has 0 saturated carbocycles. The number of carbonyl (C=O) groups excluding carboxylic acids is 1. The van der Waals surface area contributed by atoms with Crippen molar-refractivity contribution in [3.05, 3.63) is 29.8 Å². The van der Waals surface area contributed by atoms with Gasteiger partial charge in [-0.2, -0.15) is 0 Å². The van der Waals surface area contributed by atoms with Crippen molar-refractivity contribution < 1.29 is 27.8 Å². The normalized spacial score (nSPS) is 15.5. The van der Waals surface area contributed by atoms with Crippen molar-refractivity contribution in [3.63, 3.8) is 0 Å². The molecule has 1 aromatic carbocycles. The van der Waals surface area contributed by atoms with Gasteiger partial charge in [-0.3, -0.25) is 9.69 Å². The topological polar surface area (TPSA) is 108 Å². The Morgan fingerprint density at radius 2 is 1.81 bits per heavy atom. The standard InChI is InChI=1S/C26H45N3O6S/c1-3-4-7-10-25(30)23-12-14-24(15-13-23)29(36(2,32)33)27-16-9-6-5-8-11-26(31)35-22-19-28-17-20-34-21-18-28/h12-15,25,27,30H,3-11,16-22H2,1-2H3. The number of unbranched alkanes of at least 4 members (excludes halogenated alkanes) is 5. The molecule has 2 rings (SSSR count). The number of ether oxygens (including phenoxy) is 2. The van der Waals surface area contributed by atoms with Crippen molar-refractivity contribution in [1.29, 1.82) is 0 Å². The van der Waals surface area contributed by atoms with E-state index in [1.807, 2.05) is 0 Å². The predicted molar refractivity (Wildman–Crippen MR) is 142 cm³/mol. The van der Waals surface area contributed by atoms with Gasteiger partial charge in [0.05, 0.1) is 31.3 Å². The number of esters is 1. The fourth-order valence-corrected chi connectivity index (χ4v) is 4.93. The molecule has 1 aliphatic heterocycles. The number of hydrogen-bond acceptors (Lipinski definition) is 8. The first-order valence-electron chi connectivity index (χ1n) is 13.3. The third-order valence-corrected chi connectivity index (χ3v) is 7.27. The van der Waals surface area contributed by atoms with Gasteiger partial charge >= 0.3 is 5.97 Å². The lowest BCUT2D eigenvalue weighted by molar-refractivity contribution is -0.144. The summed E-state index contributed by atoms with van der Waals surface area (Å²) in [5.74, 6) is -0.163. The molecule has 0 spiro atoms. The van der Waals surface area contributed by atoms with Gasteiger partial charge in [0.25, 0.3) is 0 Å². The minimum Gasteiger partial charge on any atom is -0.464 e. The number of hydrogen-bond donors (Lipinski definition) is 2. The van der Waals surface area contributed by atoms with Crippen molar-refractivity contribution in [1.82, 2.24) is 10.3 Å². The van der Waals surface area contributed by atoms with E-state index in [1.54, 1.807) is 24.3 Å². The van der Waals surface area contributed by atoms with E-state index in [2.05, 4.69) is 17.2 Å². The molecule has 1 aliphatic rings. The SMILES string of the molecule is CCCCCC(O)c1ccc(N(NCCCCCCC(=O)OCCN2CCOCC2)S(C)(=O)=O)cc1. The largest absolute Gasteiger partial charge is 0.464 e. The van der Waals surface area contributed by atoms with Gasteiger partial charge in [0, 0.05) is 32.6 Å². The summed E-state index contributed by atoms with van der Waals surface area (Å²) in [5, 5.41) is 10.3. The Balaban J connectivity index is 1.63. The van der Waals surface area contributed by atoms with Crippen molar-refractivity contribution >= 4 is 21.7 Å². The molecule has 0 amide bonds. The van der Waals surface area contributed by atoms with E-state index in [4.69, 9.17) is 9.47 Å². The summed E-state index contributed by atoms with van der Waals surface area (Å²) in [4.78, 5) is 14.1. The number of rotatable bonds is 18. The summed E-state index contributed by atoms with van der Waals surface area (Å²) in [5.41, 5.74) is 4.31. The van der Waals surface area contributed by atoms with Crippen LogP contribution in [-0.4, -0.2) is 76.6 Å². The maximum atomic E-state index is 12.3. The average Bonchev–Trinajstić information content (AvgIpc) is 2.86. The fourth-order valence-electron chi connectivity index (χ4n) is 4.10. The highest BCUT2D eigenvalue weighted by Crippen LogP contribution is 2.23. The van der Waals surface area contributed by atoms with Crippen LogP contribution >= 0.6 is 0 Å². The van der Waals surface area contributed by atoms with E-state index in [0.717, 1.165) is 89.6 Å². The third kappa shape index (κ3) is 12.0. The highest BCUT2D eigenvalue weighted by molar-refractivity contribution is 7.92. The van der Waals surface area contributed by atoms with Gasteiger partial charge in [0.2, 0.25) is 10.0 Å². The van der Waals surface area contributed by atoms with Crippen LogP contribution in [0.4, 0.5) is 5.69 Å². The number of carbonyl (C=O) groups is 1. The van der Waals surface area contributed by atoms with E-state index < -0.39 is 16.1 Å². The molecule has 1 heterocycles. The van der Waals surface area contributed by atoms with Crippen LogP contribution in [0.15, 0.2) is 24.3 Å². The molecular weight excluding hydrogens is 482 g/mol. The van der Waals surface area contributed by atoms with Crippen LogP contribution in [0.2, 0.25) is 0 Å².